The van der Waals surface area contributed by atoms with Gasteiger partial charge in [-0.15, -0.1) is 0 Å². The third-order valence-electron chi connectivity index (χ3n) is 3.27. The van der Waals surface area contributed by atoms with Gasteiger partial charge < -0.3 is 15.7 Å². The van der Waals surface area contributed by atoms with Crippen LogP contribution in [0, 0.1) is 5.92 Å². The minimum Gasteiger partial charge on any atom is -0.481 e. The lowest BCUT2D eigenvalue weighted by Gasteiger charge is -2.19. The average molecular weight is 266 g/mol. The number of carbonyl (C=O) groups is 2. The van der Waals surface area contributed by atoms with Crippen molar-refractivity contribution >= 4 is 12.0 Å². The molecule has 1 aromatic heterocycles. The number of carboxylic acids is 1. The van der Waals surface area contributed by atoms with Gasteiger partial charge in [0, 0.05) is 17.8 Å². The minimum atomic E-state index is -0.889. The van der Waals surface area contributed by atoms with Gasteiger partial charge in [-0.1, -0.05) is 0 Å². The monoisotopic (exact) mass is 266 g/mol. The van der Waals surface area contributed by atoms with E-state index in [2.05, 4.69) is 20.8 Å². The first-order valence-electron chi connectivity index (χ1n) is 6.33. The topological polar surface area (TPSA) is 107 Å². The molecule has 2 unspecified atom stereocenters. The molecule has 2 atom stereocenters. The van der Waals surface area contributed by atoms with Crippen molar-refractivity contribution in [1.82, 2.24) is 20.8 Å². The molecule has 2 rings (SSSR count). The zero-order chi connectivity index (χ0) is 13.8. The van der Waals surface area contributed by atoms with Crippen LogP contribution in [0.5, 0.6) is 0 Å². The highest BCUT2D eigenvalue weighted by molar-refractivity contribution is 5.76. The molecule has 0 aliphatic heterocycles. The molecule has 19 heavy (non-hydrogen) atoms. The third kappa shape index (κ3) is 3.97. The second-order valence-corrected chi connectivity index (χ2v) is 4.91. The molecule has 0 saturated heterocycles. The second-order valence-electron chi connectivity index (χ2n) is 4.91. The smallest absolute Gasteiger partial charge is 0.315 e. The fourth-order valence-corrected chi connectivity index (χ4v) is 2.01. The van der Waals surface area contributed by atoms with Crippen molar-refractivity contribution in [3.63, 3.8) is 0 Å². The molecular formula is C12H18N4O3. The lowest BCUT2D eigenvalue weighted by atomic mass is 10.1. The number of urea groups is 1. The van der Waals surface area contributed by atoms with Crippen LogP contribution in [-0.2, 0) is 4.79 Å². The Morgan fingerprint density at radius 3 is 2.79 bits per heavy atom. The largest absolute Gasteiger partial charge is 0.481 e. The van der Waals surface area contributed by atoms with E-state index in [0.29, 0.717) is 5.92 Å². The first-order valence-corrected chi connectivity index (χ1v) is 6.33. The lowest BCUT2D eigenvalue weighted by Crippen LogP contribution is -2.44. The number of H-pyrrole nitrogens is 1. The van der Waals surface area contributed by atoms with Crippen LogP contribution in [0.1, 0.15) is 37.8 Å². The van der Waals surface area contributed by atoms with Crippen molar-refractivity contribution in [3.05, 3.63) is 18.0 Å². The Labute approximate surface area is 110 Å². The number of amides is 2. The maximum Gasteiger partial charge on any atom is 0.315 e. The van der Waals surface area contributed by atoms with Crippen LogP contribution in [0.3, 0.4) is 0 Å². The lowest BCUT2D eigenvalue weighted by molar-refractivity contribution is -0.137. The number of aromatic nitrogens is 2. The number of carboxylic acid groups (broad SMARTS) is 1. The van der Waals surface area contributed by atoms with Gasteiger partial charge in [0.25, 0.3) is 0 Å². The van der Waals surface area contributed by atoms with Crippen molar-refractivity contribution in [1.29, 1.82) is 0 Å². The third-order valence-corrected chi connectivity index (χ3v) is 3.27. The molecule has 1 fully saturated rings. The molecule has 4 N–H and O–H groups in total. The summed E-state index contributed by atoms with van der Waals surface area (Å²) in [4.78, 5) is 22.6. The Balaban J connectivity index is 1.83. The zero-order valence-electron chi connectivity index (χ0n) is 10.7. The van der Waals surface area contributed by atoms with Crippen molar-refractivity contribution in [2.75, 3.05) is 0 Å². The highest BCUT2D eigenvalue weighted by Crippen LogP contribution is 2.34. The van der Waals surface area contributed by atoms with Crippen LogP contribution in [0.4, 0.5) is 4.79 Å². The summed E-state index contributed by atoms with van der Waals surface area (Å²) in [5.41, 5.74) is 0.872. The van der Waals surface area contributed by atoms with E-state index >= 15 is 0 Å². The van der Waals surface area contributed by atoms with Crippen LogP contribution in [0.15, 0.2) is 12.4 Å². The van der Waals surface area contributed by atoms with E-state index in [1.807, 2.05) is 6.92 Å². The number of carbonyl (C=O) groups excluding carboxylic acids is 1. The van der Waals surface area contributed by atoms with Crippen molar-refractivity contribution in [2.24, 2.45) is 5.92 Å². The van der Waals surface area contributed by atoms with E-state index < -0.39 is 5.97 Å². The van der Waals surface area contributed by atoms with Gasteiger partial charge in [0.1, 0.15) is 0 Å². The Morgan fingerprint density at radius 2 is 2.26 bits per heavy atom. The van der Waals surface area contributed by atoms with E-state index in [0.717, 1.165) is 18.4 Å². The molecule has 1 aromatic rings. The molecule has 1 saturated carbocycles. The summed E-state index contributed by atoms with van der Waals surface area (Å²) in [7, 11) is 0. The second kappa shape index (κ2) is 5.73. The summed E-state index contributed by atoms with van der Waals surface area (Å²) >= 11 is 0. The molecule has 7 heteroatoms. The number of nitrogens with one attached hydrogen (secondary N) is 3. The molecule has 104 valence electrons. The van der Waals surface area contributed by atoms with E-state index in [1.165, 1.54) is 0 Å². The van der Waals surface area contributed by atoms with E-state index in [9.17, 15) is 9.59 Å². The van der Waals surface area contributed by atoms with E-state index in [4.69, 9.17) is 5.11 Å². The van der Waals surface area contributed by atoms with Crippen LogP contribution >= 0.6 is 0 Å². The summed E-state index contributed by atoms with van der Waals surface area (Å²) in [5.74, 6) is -0.592. The van der Waals surface area contributed by atoms with Gasteiger partial charge in [0.15, 0.2) is 0 Å². The Hall–Kier alpha value is -2.05. The molecule has 0 aromatic carbocycles. The molecular weight excluding hydrogens is 248 g/mol. The summed E-state index contributed by atoms with van der Waals surface area (Å²) in [5, 5.41) is 20.8. The maximum absolute atomic E-state index is 11.8. The number of hydrogen-bond acceptors (Lipinski definition) is 3. The number of nitrogens with zero attached hydrogens (tertiary/aromatic N) is 1. The van der Waals surface area contributed by atoms with Gasteiger partial charge in [0.05, 0.1) is 18.7 Å². The summed E-state index contributed by atoms with van der Waals surface area (Å²) < 4.78 is 0. The molecule has 0 radical (unpaired) electrons. The molecule has 7 nitrogen and oxygen atoms in total. The van der Waals surface area contributed by atoms with E-state index in [-0.39, 0.29) is 24.5 Å². The summed E-state index contributed by atoms with van der Waals surface area (Å²) in [6.45, 7) is 1.84. The SMILES string of the molecule is CC(NC(=O)NC(CC(=O)O)C1CC1)c1cn[nH]c1. The normalized spacial score (nSPS) is 17.5. The molecule has 1 heterocycles. The highest BCUT2D eigenvalue weighted by Gasteiger charge is 2.33. The van der Waals surface area contributed by atoms with Crippen LogP contribution < -0.4 is 10.6 Å². The number of aliphatic carboxylic acids is 1. The average Bonchev–Trinajstić information content (AvgIpc) is 3.02. The van der Waals surface area contributed by atoms with Gasteiger partial charge >= 0.3 is 12.0 Å². The van der Waals surface area contributed by atoms with Crippen LogP contribution in [0.25, 0.3) is 0 Å². The fourth-order valence-electron chi connectivity index (χ4n) is 2.01. The quantitative estimate of drug-likeness (QED) is 0.616. The predicted molar refractivity (Wildman–Crippen MR) is 67.4 cm³/mol. The number of hydrogen-bond donors (Lipinski definition) is 4. The number of aromatic amines is 1. The number of rotatable bonds is 6. The minimum absolute atomic E-state index is 0.0296. The first-order chi connectivity index (χ1) is 9.06. The fraction of sp³-hybridized carbons (Fsp3) is 0.583. The van der Waals surface area contributed by atoms with Crippen molar-refractivity contribution in [2.45, 2.75) is 38.3 Å². The predicted octanol–water partition coefficient (Wildman–Crippen LogP) is 1.02. The Kier molecular flexibility index (Phi) is 4.03. The van der Waals surface area contributed by atoms with Gasteiger partial charge in [-0.3, -0.25) is 9.89 Å². The van der Waals surface area contributed by atoms with Gasteiger partial charge in [-0.2, -0.15) is 5.10 Å². The molecule has 1 aliphatic rings. The van der Waals surface area contributed by atoms with Crippen molar-refractivity contribution < 1.29 is 14.7 Å². The van der Waals surface area contributed by atoms with Crippen LogP contribution in [-0.4, -0.2) is 33.3 Å². The van der Waals surface area contributed by atoms with Crippen molar-refractivity contribution in [3.8, 4) is 0 Å². The zero-order valence-corrected chi connectivity index (χ0v) is 10.7. The first kappa shape index (κ1) is 13.4. The molecule has 0 bridgehead atoms. The maximum atomic E-state index is 11.8. The molecule has 2 amide bonds. The van der Waals surface area contributed by atoms with Gasteiger partial charge in [0.2, 0.25) is 0 Å². The molecule has 0 spiro atoms. The Morgan fingerprint density at radius 1 is 1.53 bits per heavy atom. The summed E-state index contributed by atoms with van der Waals surface area (Å²) in [6.07, 6.45) is 5.28. The van der Waals surface area contributed by atoms with Gasteiger partial charge in [-0.05, 0) is 25.7 Å². The van der Waals surface area contributed by atoms with E-state index in [1.54, 1.807) is 12.4 Å². The summed E-state index contributed by atoms with van der Waals surface area (Å²) in [6, 6.07) is -0.802. The highest BCUT2D eigenvalue weighted by atomic mass is 16.4. The molecule has 1 aliphatic carbocycles. The van der Waals surface area contributed by atoms with Gasteiger partial charge in [-0.25, -0.2) is 4.79 Å². The van der Waals surface area contributed by atoms with Crippen LogP contribution in [0.2, 0.25) is 0 Å². The standard InChI is InChI=1S/C12H18N4O3/c1-7(9-5-13-14-6-9)15-12(19)16-10(4-11(17)18)8-2-3-8/h5-8,10H,2-4H2,1H3,(H,13,14)(H,17,18)(H2,15,16,19). The Bertz CT molecular complexity index is 442.